The molecule has 0 N–H and O–H groups in total. The van der Waals surface area contributed by atoms with Crippen molar-refractivity contribution in [2.45, 2.75) is 12.9 Å². The molecule has 0 fully saturated rings. The van der Waals surface area contributed by atoms with Gasteiger partial charge in [-0.05, 0) is 19.2 Å². The lowest BCUT2D eigenvalue weighted by Crippen LogP contribution is -2.39. The molecular weight excluding hydrogens is 405 g/mol. The Morgan fingerprint density at radius 2 is 1.77 bits per heavy atom. The number of para-hydroxylation sites is 1. The van der Waals surface area contributed by atoms with Crippen molar-refractivity contribution in [1.82, 2.24) is 4.90 Å². The second kappa shape index (κ2) is 7.52. The summed E-state index contributed by atoms with van der Waals surface area (Å²) in [4.78, 5) is 27.8. The maximum absolute atomic E-state index is 12.6. The third-order valence-electron chi connectivity index (χ3n) is 4.66. The van der Waals surface area contributed by atoms with Crippen molar-refractivity contribution in [3.05, 3.63) is 47.5 Å². The van der Waals surface area contributed by atoms with Crippen LogP contribution in [0.4, 0.5) is 18.9 Å². The fraction of sp³-hybridized carbons (Fsp3) is 0.300. The molecule has 0 atom stereocenters. The van der Waals surface area contributed by atoms with Gasteiger partial charge < -0.3 is 14.2 Å². The van der Waals surface area contributed by atoms with Gasteiger partial charge in [-0.1, -0.05) is 18.2 Å². The van der Waals surface area contributed by atoms with Gasteiger partial charge >= 0.3 is 12.3 Å². The lowest BCUT2D eigenvalue weighted by molar-refractivity contribution is -0.275. The van der Waals surface area contributed by atoms with Crippen LogP contribution in [0.15, 0.2) is 36.4 Å². The normalized spacial score (nSPS) is 15.6. The van der Waals surface area contributed by atoms with Crippen molar-refractivity contribution in [1.29, 1.82) is 0 Å². The van der Waals surface area contributed by atoms with E-state index >= 15 is 0 Å². The molecule has 2 aliphatic rings. The highest BCUT2D eigenvalue weighted by atomic mass is 19.4. The van der Waals surface area contributed by atoms with Crippen LogP contribution in [0.25, 0.3) is 0 Å². The molecule has 0 bridgehead atoms. The van der Waals surface area contributed by atoms with E-state index in [2.05, 4.69) is 4.74 Å². The number of halogens is 3. The number of Topliss-reactive ketones (excluding diaryl/α,β-unsaturated/α-hetero) is 1. The number of anilines is 1. The summed E-state index contributed by atoms with van der Waals surface area (Å²) in [5.41, 5.74) is 0.872. The zero-order valence-corrected chi connectivity index (χ0v) is 15.9. The Balaban J connectivity index is 1.55. The van der Waals surface area contributed by atoms with Gasteiger partial charge in [-0.2, -0.15) is 0 Å². The van der Waals surface area contributed by atoms with Crippen LogP contribution in [0.5, 0.6) is 17.2 Å². The Hall–Kier alpha value is -3.27. The van der Waals surface area contributed by atoms with E-state index in [0.717, 1.165) is 0 Å². The quantitative estimate of drug-likeness (QED) is 0.691. The molecule has 2 heterocycles. The minimum atomic E-state index is -4.81. The highest BCUT2D eigenvalue weighted by molar-refractivity contribution is 6.52. The first kappa shape index (κ1) is 20.0. The molecule has 2 aromatic rings. The van der Waals surface area contributed by atoms with Crippen molar-refractivity contribution >= 4 is 17.4 Å². The van der Waals surface area contributed by atoms with Gasteiger partial charge in [0.2, 0.25) is 0 Å². The molecule has 1 amide bonds. The smallest absolute Gasteiger partial charge is 0.486 e. The largest absolute Gasteiger partial charge is 0.573 e. The predicted molar refractivity (Wildman–Crippen MR) is 98.7 cm³/mol. The summed E-state index contributed by atoms with van der Waals surface area (Å²) >= 11 is 0. The molecule has 0 aliphatic carbocycles. The molecule has 7 nitrogen and oxygen atoms in total. The monoisotopic (exact) mass is 422 g/mol. The van der Waals surface area contributed by atoms with Crippen LogP contribution in [-0.4, -0.2) is 49.9 Å². The Labute approximate surface area is 169 Å². The molecule has 2 aliphatic heterocycles. The van der Waals surface area contributed by atoms with Crippen LogP contribution < -0.4 is 19.1 Å². The molecule has 0 unspecified atom stereocenters. The first-order valence-corrected chi connectivity index (χ1v) is 9.05. The van der Waals surface area contributed by atoms with E-state index in [0.29, 0.717) is 30.4 Å². The average Bonchev–Trinajstić information content (AvgIpc) is 2.91. The van der Waals surface area contributed by atoms with E-state index < -0.39 is 18.1 Å². The summed E-state index contributed by atoms with van der Waals surface area (Å²) in [5, 5.41) is 0. The summed E-state index contributed by atoms with van der Waals surface area (Å²) in [5.74, 6) is -0.885. The van der Waals surface area contributed by atoms with Gasteiger partial charge in [0.05, 0.1) is 17.9 Å². The molecule has 2 aromatic carbocycles. The number of ether oxygens (including phenoxy) is 3. The first-order chi connectivity index (χ1) is 14.2. The Bertz CT molecular complexity index is 1010. The number of rotatable bonds is 5. The minimum absolute atomic E-state index is 0.0163. The Morgan fingerprint density at radius 1 is 1.10 bits per heavy atom. The number of nitrogens with zero attached hydrogens (tertiary/aromatic N) is 2. The average molecular weight is 422 g/mol. The highest BCUT2D eigenvalue weighted by Crippen LogP contribution is 2.40. The highest BCUT2D eigenvalue weighted by Gasteiger charge is 2.38. The van der Waals surface area contributed by atoms with Crippen molar-refractivity contribution in [3.63, 3.8) is 0 Å². The van der Waals surface area contributed by atoms with E-state index in [1.165, 1.54) is 29.2 Å². The molecule has 0 spiro atoms. The van der Waals surface area contributed by atoms with Crippen molar-refractivity contribution in [3.8, 4) is 17.2 Å². The zero-order valence-electron chi connectivity index (χ0n) is 15.9. The molecule has 0 radical (unpaired) electrons. The van der Waals surface area contributed by atoms with Crippen LogP contribution in [-0.2, 0) is 11.3 Å². The Kier molecular flexibility index (Phi) is 5.02. The second-order valence-electron chi connectivity index (χ2n) is 6.89. The topological polar surface area (TPSA) is 68.3 Å². The summed E-state index contributed by atoms with van der Waals surface area (Å²) in [7, 11) is 1.62. The first-order valence-electron chi connectivity index (χ1n) is 9.05. The van der Waals surface area contributed by atoms with Gasteiger partial charge in [-0.15, -0.1) is 13.2 Å². The van der Waals surface area contributed by atoms with Gasteiger partial charge in [-0.25, -0.2) is 0 Å². The summed E-state index contributed by atoms with van der Waals surface area (Å²) < 4.78 is 53.0. The SMILES string of the molecule is CN(Cc1ccccc1OC(F)(F)F)CN1C(=O)C(=O)c2cc3c(cc21)OCCO3. The fourth-order valence-corrected chi connectivity index (χ4v) is 3.41. The number of ketones is 1. The number of benzene rings is 2. The maximum Gasteiger partial charge on any atom is 0.573 e. The molecule has 0 aromatic heterocycles. The summed E-state index contributed by atoms with van der Waals surface area (Å²) in [6.07, 6.45) is -4.81. The molecule has 10 heteroatoms. The molecular formula is C20H17F3N2O5. The van der Waals surface area contributed by atoms with Crippen LogP contribution in [0.1, 0.15) is 15.9 Å². The second-order valence-corrected chi connectivity index (χ2v) is 6.89. The number of alkyl halides is 3. The number of hydrogen-bond acceptors (Lipinski definition) is 6. The van der Waals surface area contributed by atoms with Gasteiger partial charge in [0.15, 0.2) is 11.5 Å². The molecule has 30 heavy (non-hydrogen) atoms. The molecule has 4 rings (SSSR count). The minimum Gasteiger partial charge on any atom is -0.486 e. The third-order valence-corrected chi connectivity index (χ3v) is 4.66. The fourth-order valence-electron chi connectivity index (χ4n) is 3.41. The number of fused-ring (bicyclic) bond motifs is 2. The number of hydrogen-bond donors (Lipinski definition) is 0. The Morgan fingerprint density at radius 3 is 2.47 bits per heavy atom. The zero-order chi connectivity index (χ0) is 21.5. The van der Waals surface area contributed by atoms with Crippen LogP contribution >= 0.6 is 0 Å². The van der Waals surface area contributed by atoms with E-state index in [-0.39, 0.29) is 30.1 Å². The standard InChI is InChI=1S/C20H17F3N2O5/c1-24(10-12-4-2-3-5-15(12)30-20(21,22)23)11-25-14-9-17-16(28-6-7-29-17)8-13(14)18(26)19(25)27/h2-5,8-9H,6-7,10-11H2,1H3. The predicted octanol–water partition coefficient (Wildman–Crippen LogP) is 2.98. The number of carbonyl (C=O) groups excluding carboxylic acids is 2. The number of amides is 1. The molecule has 0 saturated carbocycles. The van der Waals surface area contributed by atoms with E-state index in [1.807, 2.05) is 0 Å². The van der Waals surface area contributed by atoms with E-state index in [4.69, 9.17) is 9.47 Å². The lowest BCUT2D eigenvalue weighted by atomic mass is 10.1. The lowest BCUT2D eigenvalue weighted by Gasteiger charge is -2.26. The van der Waals surface area contributed by atoms with Gasteiger partial charge in [0.25, 0.3) is 5.78 Å². The number of carbonyl (C=O) groups is 2. The molecule has 0 saturated heterocycles. The van der Waals surface area contributed by atoms with Crippen LogP contribution in [0.2, 0.25) is 0 Å². The summed E-state index contributed by atoms with van der Waals surface area (Å²) in [6, 6.07) is 8.81. The van der Waals surface area contributed by atoms with Gasteiger partial charge in [0.1, 0.15) is 19.0 Å². The van der Waals surface area contributed by atoms with Crippen molar-refractivity contribution < 1.29 is 37.0 Å². The third kappa shape index (κ3) is 3.90. The van der Waals surface area contributed by atoms with Crippen LogP contribution in [0, 0.1) is 0 Å². The van der Waals surface area contributed by atoms with E-state index in [1.54, 1.807) is 24.1 Å². The van der Waals surface area contributed by atoms with E-state index in [9.17, 15) is 22.8 Å². The van der Waals surface area contributed by atoms with Gasteiger partial charge in [0, 0.05) is 18.2 Å². The van der Waals surface area contributed by atoms with Crippen molar-refractivity contribution in [2.24, 2.45) is 0 Å². The molecule has 158 valence electrons. The van der Waals surface area contributed by atoms with Crippen molar-refractivity contribution in [2.75, 3.05) is 31.8 Å². The maximum atomic E-state index is 12.6. The van der Waals surface area contributed by atoms with Gasteiger partial charge in [-0.3, -0.25) is 19.4 Å². The summed E-state index contributed by atoms with van der Waals surface area (Å²) in [6.45, 7) is 0.741. The van der Waals surface area contributed by atoms with Crippen LogP contribution in [0.3, 0.4) is 0 Å².